The van der Waals surface area contributed by atoms with Crippen LogP contribution < -0.4 is 5.73 Å². The lowest BCUT2D eigenvalue weighted by Crippen LogP contribution is -2.28. The summed E-state index contributed by atoms with van der Waals surface area (Å²) in [6, 6.07) is 0. The molecule has 3 aliphatic rings. The molecular formula is C10H17N. The van der Waals surface area contributed by atoms with E-state index in [2.05, 4.69) is 12.7 Å². The molecule has 0 aromatic carbocycles. The number of fused-ring (bicyclic) bond motifs is 1. The number of hydrogen-bond acceptors (Lipinski definition) is 1. The van der Waals surface area contributed by atoms with Gasteiger partial charge in [0.15, 0.2) is 0 Å². The van der Waals surface area contributed by atoms with Crippen molar-refractivity contribution in [3.8, 4) is 0 Å². The highest BCUT2D eigenvalue weighted by Crippen LogP contribution is 2.63. The van der Waals surface area contributed by atoms with Crippen LogP contribution in [0.25, 0.3) is 0 Å². The molecule has 3 saturated carbocycles. The van der Waals surface area contributed by atoms with Crippen LogP contribution >= 0.6 is 0 Å². The molecule has 1 heteroatoms. The van der Waals surface area contributed by atoms with E-state index < -0.39 is 0 Å². The van der Waals surface area contributed by atoms with Crippen molar-refractivity contribution in [3.05, 3.63) is 12.7 Å². The van der Waals surface area contributed by atoms with Crippen molar-refractivity contribution in [2.24, 2.45) is 23.0 Å². The minimum Gasteiger partial charge on any atom is -0.330 e. The second-order valence-corrected chi connectivity index (χ2v) is 4.36. The lowest BCUT2D eigenvalue weighted by Gasteiger charge is -2.37. The van der Waals surface area contributed by atoms with E-state index in [4.69, 9.17) is 5.73 Å². The highest BCUT2D eigenvalue weighted by Gasteiger charge is 2.54. The van der Waals surface area contributed by atoms with Crippen LogP contribution in [0.1, 0.15) is 25.7 Å². The average Bonchev–Trinajstić information content (AvgIpc) is 2.41. The lowest BCUT2D eigenvalue weighted by molar-refractivity contribution is 0.143. The Kier molecular flexibility index (Phi) is 1.57. The molecule has 2 bridgehead atoms. The van der Waals surface area contributed by atoms with Crippen LogP contribution in [0.2, 0.25) is 0 Å². The summed E-state index contributed by atoms with van der Waals surface area (Å²) < 4.78 is 0. The van der Waals surface area contributed by atoms with Gasteiger partial charge in [-0.1, -0.05) is 6.08 Å². The second kappa shape index (κ2) is 2.34. The zero-order valence-corrected chi connectivity index (χ0v) is 7.05. The molecule has 0 spiro atoms. The van der Waals surface area contributed by atoms with Gasteiger partial charge in [0, 0.05) is 0 Å². The summed E-state index contributed by atoms with van der Waals surface area (Å²) in [5.74, 6) is 1.81. The molecular weight excluding hydrogens is 134 g/mol. The van der Waals surface area contributed by atoms with Crippen LogP contribution in [0.4, 0.5) is 0 Å². The van der Waals surface area contributed by atoms with E-state index in [-0.39, 0.29) is 0 Å². The fourth-order valence-electron chi connectivity index (χ4n) is 3.11. The first-order valence-electron chi connectivity index (χ1n) is 4.61. The van der Waals surface area contributed by atoms with Crippen molar-refractivity contribution in [2.45, 2.75) is 25.7 Å². The standard InChI is InChI=1S/C10H17N/c1-2-3-10-4-8(5-10)9(6-10)7-11/h2,8-9H,1,3-7,11H2. The maximum Gasteiger partial charge on any atom is -0.00460 e. The van der Waals surface area contributed by atoms with E-state index in [1.807, 2.05) is 0 Å². The van der Waals surface area contributed by atoms with Gasteiger partial charge in [0.1, 0.15) is 0 Å². The third-order valence-corrected chi connectivity index (χ3v) is 3.63. The summed E-state index contributed by atoms with van der Waals surface area (Å²) in [7, 11) is 0. The molecule has 3 fully saturated rings. The van der Waals surface area contributed by atoms with E-state index >= 15 is 0 Å². The van der Waals surface area contributed by atoms with Crippen LogP contribution in [0.5, 0.6) is 0 Å². The number of nitrogens with two attached hydrogens (primary N) is 1. The van der Waals surface area contributed by atoms with E-state index in [1.54, 1.807) is 0 Å². The molecule has 0 aromatic rings. The molecule has 3 aliphatic carbocycles. The number of allylic oxidation sites excluding steroid dienone is 1. The van der Waals surface area contributed by atoms with E-state index in [0.29, 0.717) is 5.41 Å². The zero-order chi connectivity index (χ0) is 7.90. The Morgan fingerprint density at radius 2 is 2.18 bits per heavy atom. The average molecular weight is 151 g/mol. The summed E-state index contributed by atoms with van der Waals surface area (Å²) >= 11 is 0. The van der Waals surface area contributed by atoms with Crippen molar-refractivity contribution in [3.63, 3.8) is 0 Å². The first kappa shape index (κ1) is 7.35. The molecule has 0 amide bonds. The van der Waals surface area contributed by atoms with Gasteiger partial charge in [-0.2, -0.15) is 0 Å². The van der Waals surface area contributed by atoms with Gasteiger partial charge >= 0.3 is 0 Å². The zero-order valence-electron chi connectivity index (χ0n) is 7.05. The quantitative estimate of drug-likeness (QED) is 0.613. The van der Waals surface area contributed by atoms with Gasteiger partial charge < -0.3 is 5.73 Å². The van der Waals surface area contributed by atoms with Crippen LogP contribution in [0.15, 0.2) is 12.7 Å². The van der Waals surface area contributed by atoms with Crippen LogP contribution in [0.3, 0.4) is 0 Å². The lowest BCUT2D eigenvalue weighted by atomic mass is 9.67. The molecule has 3 rings (SSSR count). The van der Waals surface area contributed by atoms with Crippen LogP contribution in [0, 0.1) is 17.3 Å². The maximum absolute atomic E-state index is 5.68. The summed E-state index contributed by atoms with van der Waals surface area (Å²) in [6.07, 6.45) is 7.54. The van der Waals surface area contributed by atoms with Crippen LogP contribution in [-0.4, -0.2) is 6.54 Å². The summed E-state index contributed by atoms with van der Waals surface area (Å²) in [5, 5.41) is 0. The fourth-order valence-corrected chi connectivity index (χ4v) is 3.11. The molecule has 0 aromatic heterocycles. The SMILES string of the molecule is C=CCC12CC(CN)C(C1)C2. The van der Waals surface area contributed by atoms with Gasteiger partial charge in [0.25, 0.3) is 0 Å². The van der Waals surface area contributed by atoms with Gasteiger partial charge in [-0.05, 0) is 49.5 Å². The van der Waals surface area contributed by atoms with Crippen molar-refractivity contribution in [2.75, 3.05) is 6.54 Å². The molecule has 1 nitrogen and oxygen atoms in total. The normalized spacial score (nSPS) is 47.0. The molecule has 0 heterocycles. The number of rotatable bonds is 3. The molecule has 0 radical (unpaired) electrons. The molecule has 0 aliphatic heterocycles. The van der Waals surface area contributed by atoms with Crippen molar-refractivity contribution >= 4 is 0 Å². The largest absolute Gasteiger partial charge is 0.330 e. The van der Waals surface area contributed by atoms with E-state index in [0.717, 1.165) is 18.4 Å². The highest BCUT2D eigenvalue weighted by molar-refractivity contribution is 5.07. The van der Waals surface area contributed by atoms with Gasteiger partial charge in [-0.25, -0.2) is 0 Å². The molecule has 11 heavy (non-hydrogen) atoms. The Hall–Kier alpha value is -0.300. The Morgan fingerprint density at radius 3 is 2.64 bits per heavy atom. The summed E-state index contributed by atoms with van der Waals surface area (Å²) in [6.45, 7) is 4.72. The minimum absolute atomic E-state index is 0.663. The minimum atomic E-state index is 0.663. The van der Waals surface area contributed by atoms with E-state index in [9.17, 15) is 0 Å². The van der Waals surface area contributed by atoms with Gasteiger partial charge in [0.2, 0.25) is 0 Å². The predicted octanol–water partition coefficient (Wildman–Crippen LogP) is 1.94. The van der Waals surface area contributed by atoms with Crippen molar-refractivity contribution in [1.29, 1.82) is 0 Å². The summed E-state index contributed by atoms with van der Waals surface area (Å²) in [5.41, 5.74) is 6.34. The van der Waals surface area contributed by atoms with Crippen LogP contribution in [-0.2, 0) is 0 Å². The van der Waals surface area contributed by atoms with Crippen molar-refractivity contribution in [1.82, 2.24) is 0 Å². The first-order valence-corrected chi connectivity index (χ1v) is 4.61. The Balaban J connectivity index is 1.99. The highest BCUT2D eigenvalue weighted by atomic mass is 14.7. The smallest absolute Gasteiger partial charge is 0.00460 e. The Labute approximate surface area is 68.7 Å². The second-order valence-electron chi connectivity index (χ2n) is 4.36. The monoisotopic (exact) mass is 151 g/mol. The van der Waals surface area contributed by atoms with Crippen molar-refractivity contribution < 1.29 is 0 Å². The van der Waals surface area contributed by atoms with E-state index in [1.165, 1.54) is 25.7 Å². The van der Waals surface area contributed by atoms with Gasteiger partial charge in [0.05, 0.1) is 0 Å². The Bertz CT molecular complexity index is 168. The van der Waals surface area contributed by atoms with Gasteiger partial charge in [-0.15, -0.1) is 6.58 Å². The fraction of sp³-hybridized carbons (Fsp3) is 0.800. The molecule has 0 saturated heterocycles. The predicted molar refractivity (Wildman–Crippen MR) is 47.1 cm³/mol. The van der Waals surface area contributed by atoms with Gasteiger partial charge in [-0.3, -0.25) is 0 Å². The molecule has 1 atom stereocenters. The molecule has 2 N–H and O–H groups in total. The third kappa shape index (κ3) is 0.943. The molecule has 62 valence electrons. The molecule has 1 unspecified atom stereocenters. The number of hydrogen-bond donors (Lipinski definition) is 1. The maximum atomic E-state index is 5.68. The Morgan fingerprint density at radius 1 is 1.45 bits per heavy atom. The first-order chi connectivity index (χ1) is 5.29. The topological polar surface area (TPSA) is 26.0 Å². The third-order valence-electron chi connectivity index (χ3n) is 3.63. The summed E-state index contributed by atoms with van der Waals surface area (Å²) in [4.78, 5) is 0.